The lowest BCUT2D eigenvalue weighted by Crippen LogP contribution is -2.25. The van der Waals surface area contributed by atoms with Crippen molar-refractivity contribution >= 4 is 0 Å². The molecule has 0 heterocycles. The van der Waals surface area contributed by atoms with Crippen molar-refractivity contribution in [3.63, 3.8) is 0 Å². The van der Waals surface area contributed by atoms with E-state index in [2.05, 4.69) is 42.6 Å². The van der Waals surface area contributed by atoms with Gasteiger partial charge in [0, 0.05) is 19.7 Å². The minimum absolute atomic E-state index is 0.433. The first kappa shape index (κ1) is 15.2. The lowest BCUT2D eigenvalue weighted by atomic mass is 10.0. The molecule has 1 N–H and O–H groups in total. The number of nitrogens with one attached hydrogen (secondary N) is 1. The number of benzene rings is 1. The summed E-state index contributed by atoms with van der Waals surface area (Å²) in [6.07, 6.45) is 2.33. The largest absolute Gasteiger partial charge is 0.382 e. The van der Waals surface area contributed by atoms with Gasteiger partial charge in [-0.1, -0.05) is 43.7 Å². The maximum atomic E-state index is 5.45. The third-order valence-corrected chi connectivity index (χ3v) is 2.85. The van der Waals surface area contributed by atoms with E-state index in [4.69, 9.17) is 9.47 Å². The van der Waals surface area contributed by atoms with E-state index < -0.39 is 0 Å². The van der Waals surface area contributed by atoms with E-state index in [0.717, 1.165) is 19.6 Å². The molecule has 0 aromatic heterocycles. The zero-order chi connectivity index (χ0) is 13.1. The van der Waals surface area contributed by atoms with Crippen molar-refractivity contribution in [2.75, 3.05) is 33.5 Å². The van der Waals surface area contributed by atoms with Crippen LogP contribution in [0.1, 0.15) is 31.4 Å². The smallest absolute Gasteiger partial charge is 0.0700 e. The molecule has 1 atom stereocenters. The molecule has 3 nitrogen and oxygen atoms in total. The molecule has 0 saturated heterocycles. The van der Waals surface area contributed by atoms with Gasteiger partial charge in [0.05, 0.1) is 19.8 Å². The summed E-state index contributed by atoms with van der Waals surface area (Å²) in [6.45, 7) is 5.16. The molecule has 1 aromatic rings. The molecule has 0 aliphatic rings. The summed E-state index contributed by atoms with van der Waals surface area (Å²) in [4.78, 5) is 0. The summed E-state index contributed by atoms with van der Waals surface area (Å²) < 4.78 is 10.4. The Morgan fingerprint density at radius 3 is 2.56 bits per heavy atom. The first-order valence-corrected chi connectivity index (χ1v) is 6.73. The van der Waals surface area contributed by atoms with Crippen LogP contribution in [0.25, 0.3) is 0 Å². The number of rotatable bonds is 10. The normalized spacial score (nSPS) is 12.6. The Balaban J connectivity index is 2.26. The number of hydrogen-bond acceptors (Lipinski definition) is 3. The van der Waals surface area contributed by atoms with Crippen LogP contribution >= 0.6 is 0 Å². The van der Waals surface area contributed by atoms with Crippen LogP contribution < -0.4 is 5.32 Å². The SMILES string of the molecule is CCCC(NCCOCCOC)c1ccccc1. The van der Waals surface area contributed by atoms with E-state index in [0.29, 0.717) is 19.3 Å². The molecule has 0 amide bonds. The second kappa shape index (κ2) is 10.1. The molecule has 1 unspecified atom stereocenters. The van der Waals surface area contributed by atoms with Crippen LogP contribution in [0.2, 0.25) is 0 Å². The molecule has 0 bridgehead atoms. The summed E-state index contributed by atoms with van der Waals surface area (Å²) in [5, 5.41) is 3.55. The number of methoxy groups -OCH3 is 1. The maximum absolute atomic E-state index is 5.45. The van der Waals surface area contributed by atoms with Gasteiger partial charge in [0.25, 0.3) is 0 Å². The average molecular weight is 251 g/mol. The third-order valence-electron chi connectivity index (χ3n) is 2.85. The van der Waals surface area contributed by atoms with Crippen molar-refractivity contribution in [3.8, 4) is 0 Å². The predicted molar refractivity (Wildman–Crippen MR) is 74.8 cm³/mol. The molecule has 1 aromatic carbocycles. The predicted octanol–water partition coefficient (Wildman–Crippen LogP) is 2.78. The van der Waals surface area contributed by atoms with E-state index in [-0.39, 0.29) is 0 Å². The van der Waals surface area contributed by atoms with E-state index in [1.54, 1.807) is 7.11 Å². The zero-order valence-electron chi connectivity index (χ0n) is 11.5. The number of ether oxygens (including phenoxy) is 2. The minimum Gasteiger partial charge on any atom is -0.382 e. The maximum Gasteiger partial charge on any atom is 0.0700 e. The molecule has 0 fully saturated rings. The van der Waals surface area contributed by atoms with Gasteiger partial charge in [0.2, 0.25) is 0 Å². The van der Waals surface area contributed by atoms with Crippen LogP contribution in [-0.2, 0) is 9.47 Å². The van der Waals surface area contributed by atoms with Crippen molar-refractivity contribution in [3.05, 3.63) is 35.9 Å². The summed E-state index contributed by atoms with van der Waals surface area (Å²) in [5.41, 5.74) is 1.36. The van der Waals surface area contributed by atoms with Gasteiger partial charge in [-0.2, -0.15) is 0 Å². The molecule has 0 saturated carbocycles. The standard InChI is InChI=1S/C15H25NO2/c1-3-7-15(14-8-5-4-6-9-14)16-10-11-18-13-12-17-2/h4-6,8-9,15-16H,3,7,10-13H2,1-2H3. The van der Waals surface area contributed by atoms with Crippen LogP contribution in [0.3, 0.4) is 0 Å². The number of hydrogen-bond donors (Lipinski definition) is 1. The molecular formula is C15H25NO2. The monoisotopic (exact) mass is 251 g/mol. The summed E-state index contributed by atoms with van der Waals surface area (Å²) in [6, 6.07) is 11.0. The van der Waals surface area contributed by atoms with Crippen molar-refractivity contribution in [2.24, 2.45) is 0 Å². The Hall–Kier alpha value is -0.900. The van der Waals surface area contributed by atoms with E-state index in [1.807, 2.05) is 0 Å². The van der Waals surface area contributed by atoms with Crippen molar-refractivity contribution in [1.82, 2.24) is 5.32 Å². The molecule has 1 rings (SSSR count). The first-order valence-electron chi connectivity index (χ1n) is 6.73. The van der Waals surface area contributed by atoms with Crippen molar-refractivity contribution in [1.29, 1.82) is 0 Å². The minimum atomic E-state index is 0.433. The fourth-order valence-electron chi connectivity index (χ4n) is 1.91. The van der Waals surface area contributed by atoms with E-state index in [9.17, 15) is 0 Å². The fraction of sp³-hybridized carbons (Fsp3) is 0.600. The van der Waals surface area contributed by atoms with Gasteiger partial charge in [-0.3, -0.25) is 0 Å². The van der Waals surface area contributed by atoms with E-state index >= 15 is 0 Å². The molecular weight excluding hydrogens is 226 g/mol. The van der Waals surface area contributed by atoms with Crippen LogP contribution in [-0.4, -0.2) is 33.5 Å². The average Bonchev–Trinajstić information content (AvgIpc) is 2.42. The quantitative estimate of drug-likeness (QED) is 0.649. The summed E-state index contributed by atoms with van der Waals surface area (Å²) in [5.74, 6) is 0. The highest BCUT2D eigenvalue weighted by molar-refractivity contribution is 5.18. The van der Waals surface area contributed by atoms with Gasteiger partial charge in [0.1, 0.15) is 0 Å². The van der Waals surface area contributed by atoms with Gasteiger partial charge in [-0.05, 0) is 12.0 Å². The topological polar surface area (TPSA) is 30.5 Å². The Bertz CT molecular complexity index is 290. The van der Waals surface area contributed by atoms with Crippen LogP contribution in [0.4, 0.5) is 0 Å². The third kappa shape index (κ3) is 6.15. The van der Waals surface area contributed by atoms with Crippen LogP contribution in [0, 0.1) is 0 Å². The Morgan fingerprint density at radius 2 is 1.89 bits per heavy atom. The lowest BCUT2D eigenvalue weighted by molar-refractivity contribution is 0.0709. The second-order valence-electron chi connectivity index (χ2n) is 4.31. The zero-order valence-corrected chi connectivity index (χ0v) is 11.5. The second-order valence-corrected chi connectivity index (χ2v) is 4.31. The summed E-state index contributed by atoms with van der Waals surface area (Å²) >= 11 is 0. The van der Waals surface area contributed by atoms with Gasteiger partial charge >= 0.3 is 0 Å². The molecule has 0 aliphatic carbocycles. The van der Waals surface area contributed by atoms with Crippen molar-refractivity contribution in [2.45, 2.75) is 25.8 Å². The highest BCUT2D eigenvalue weighted by Gasteiger charge is 2.08. The molecule has 0 radical (unpaired) electrons. The molecule has 0 aliphatic heterocycles. The fourth-order valence-corrected chi connectivity index (χ4v) is 1.91. The Morgan fingerprint density at radius 1 is 1.11 bits per heavy atom. The highest BCUT2D eigenvalue weighted by atomic mass is 16.5. The molecule has 0 spiro atoms. The van der Waals surface area contributed by atoms with Crippen LogP contribution in [0.5, 0.6) is 0 Å². The van der Waals surface area contributed by atoms with Crippen molar-refractivity contribution < 1.29 is 9.47 Å². The van der Waals surface area contributed by atoms with Gasteiger partial charge in [0.15, 0.2) is 0 Å². The first-order chi connectivity index (χ1) is 8.88. The van der Waals surface area contributed by atoms with Gasteiger partial charge in [-0.15, -0.1) is 0 Å². The highest BCUT2D eigenvalue weighted by Crippen LogP contribution is 2.17. The van der Waals surface area contributed by atoms with Gasteiger partial charge < -0.3 is 14.8 Å². The lowest BCUT2D eigenvalue weighted by Gasteiger charge is -2.18. The van der Waals surface area contributed by atoms with Crippen LogP contribution in [0.15, 0.2) is 30.3 Å². The molecule has 18 heavy (non-hydrogen) atoms. The Labute approximate surface area is 110 Å². The summed E-state index contributed by atoms with van der Waals surface area (Å²) in [7, 11) is 1.69. The van der Waals surface area contributed by atoms with Gasteiger partial charge in [-0.25, -0.2) is 0 Å². The molecule has 3 heteroatoms. The van der Waals surface area contributed by atoms with E-state index in [1.165, 1.54) is 12.0 Å². The Kier molecular flexibility index (Phi) is 8.47. The molecule has 102 valence electrons.